The number of rotatable bonds is 7. The lowest BCUT2D eigenvalue weighted by atomic mass is 10.1. The van der Waals surface area contributed by atoms with Crippen LogP contribution in [0.4, 0.5) is 9.93 Å². The first-order valence-electron chi connectivity index (χ1n) is 8.90. The van der Waals surface area contributed by atoms with Crippen molar-refractivity contribution in [1.29, 1.82) is 0 Å². The number of thiazole rings is 1. The lowest BCUT2D eigenvalue weighted by molar-refractivity contribution is -0.129. The minimum atomic E-state index is -0.931. The summed E-state index contributed by atoms with van der Waals surface area (Å²) in [4.78, 5) is 54.3. The number of esters is 1. The quantitative estimate of drug-likeness (QED) is 0.524. The van der Waals surface area contributed by atoms with Crippen molar-refractivity contribution in [2.24, 2.45) is 0 Å². The molecule has 10 heteroatoms. The van der Waals surface area contributed by atoms with E-state index in [1.165, 1.54) is 7.11 Å². The van der Waals surface area contributed by atoms with Gasteiger partial charge in [-0.2, -0.15) is 0 Å². The van der Waals surface area contributed by atoms with Crippen molar-refractivity contribution >= 4 is 40.3 Å². The highest BCUT2D eigenvalue weighted by Crippen LogP contribution is 2.23. The molecule has 0 unspecified atom stereocenters. The zero-order chi connectivity index (χ0) is 21.0. The summed E-state index contributed by atoms with van der Waals surface area (Å²) >= 11 is 1.13. The van der Waals surface area contributed by atoms with Gasteiger partial charge in [-0.05, 0) is 18.9 Å². The molecule has 2 heterocycles. The molecule has 3 rings (SSSR count). The Balaban J connectivity index is 1.56. The average Bonchev–Trinajstić information content (AvgIpc) is 3.19. The Morgan fingerprint density at radius 3 is 2.69 bits per heavy atom. The van der Waals surface area contributed by atoms with E-state index in [9.17, 15) is 19.2 Å². The molecule has 0 radical (unpaired) electrons. The van der Waals surface area contributed by atoms with Crippen molar-refractivity contribution in [2.45, 2.75) is 25.8 Å². The van der Waals surface area contributed by atoms with Crippen LogP contribution in [0.3, 0.4) is 0 Å². The summed E-state index contributed by atoms with van der Waals surface area (Å²) in [5, 5.41) is 5.32. The first kappa shape index (κ1) is 20.5. The van der Waals surface area contributed by atoms with Gasteiger partial charge in [0.15, 0.2) is 10.8 Å². The summed E-state index contributed by atoms with van der Waals surface area (Å²) in [5.74, 6) is -1.52. The number of hydrogen-bond donors (Lipinski definition) is 2. The number of benzene rings is 1. The monoisotopic (exact) mass is 416 g/mol. The van der Waals surface area contributed by atoms with Crippen LogP contribution in [-0.4, -0.2) is 53.4 Å². The van der Waals surface area contributed by atoms with E-state index in [0.29, 0.717) is 11.3 Å². The number of aryl methyl sites for hydroxylation is 1. The summed E-state index contributed by atoms with van der Waals surface area (Å²) in [6.07, 6.45) is 0.312. The number of nitrogens with zero attached hydrogens (tertiary/aromatic N) is 2. The van der Waals surface area contributed by atoms with Crippen LogP contribution in [0.2, 0.25) is 0 Å². The molecule has 1 atom stereocenters. The van der Waals surface area contributed by atoms with Gasteiger partial charge in [0.25, 0.3) is 5.91 Å². The van der Waals surface area contributed by atoms with Gasteiger partial charge in [0.1, 0.15) is 6.04 Å². The van der Waals surface area contributed by atoms with Crippen molar-refractivity contribution in [2.75, 3.05) is 19.0 Å². The number of imide groups is 1. The van der Waals surface area contributed by atoms with Gasteiger partial charge in [0, 0.05) is 11.4 Å². The third-order valence-electron chi connectivity index (χ3n) is 4.39. The molecule has 29 heavy (non-hydrogen) atoms. The minimum absolute atomic E-state index is 0.130. The normalized spacial score (nSPS) is 15.9. The Labute approximate surface area is 171 Å². The predicted molar refractivity (Wildman–Crippen MR) is 106 cm³/mol. The smallest absolute Gasteiger partial charge is 0.357 e. The molecule has 4 amide bonds. The topological polar surface area (TPSA) is 118 Å². The molecule has 1 aliphatic rings. The first-order chi connectivity index (χ1) is 13.9. The fourth-order valence-corrected chi connectivity index (χ4v) is 3.72. The minimum Gasteiger partial charge on any atom is -0.464 e. The standard InChI is InChI=1S/C19H20N4O5S/c1-11-15(17(26)28-2)22-18(29-11)21-14(24)10-13-16(25)23(19(27)20-13)9-8-12-6-4-3-5-7-12/h3-7,13H,8-10H2,1-2H3,(H,20,27)(H,21,22,24)/t13-/m1/s1. The van der Waals surface area contributed by atoms with Gasteiger partial charge in [-0.3, -0.25) is 14.5 Å². The molecule has 1 aliphatic heterocycles. The first-order valence-corrected chi connectivity index (χ1v) is 9.72. The summed E-state index contributed by atoms with van der Waals surface area (Å²) in [5.41, 5.74) is 1.14. The molecule has 152 valence electrons. The van der Waals surface area contributed by atoms with Crippen LogP contribution in [0, 0.1) is 6.92 Å². The zero-order valence-corrected chi connectivity index (χ0v) is 16.7. The molecule has 1 aromatic carbocycles. The van der Waals surface area contributed by atoms with Crippen molar-refractivity contribution in [3.63, 3.8) is 0 Å². The molecule has 2 aromatic rings. The maximum atomic E-state index is 12.5. The molecule has 0 spiro atoms. The Bertz CT molecular complexity index is 943. The second kappa shape index (κ2) is 8.82. The predicted octanol–water partition coefficient (Wildman–Crippen LogP) is 1.73. The highest BCUT2D eigenvalue weighted by atomic mass is 32.1. The van der Waals surface area contributed by atoms with E-state index < -0.39 is 29.9 Å². The lowest BCUT2D eigenvalue weighted by Crippen LogP contribution is -2.34. The molecule has 1 aromatic heterocycles. The number of hydrogen-bond acceptors (Lipinski definition) is 7. The van der Waals surface area contributed by atoms with Crippen LogP contribution in [0.25, 0.3) is 0 Å². The Kier molecular flexibility index (Phi) is 6.23. The summed E-state index contributed by atoms with van der Waals surface area (Å²) in [7, 11) is 1.25. The molecule has 1 fully saturated rings. The Hall–Kier alpha value is -3.27. The van der Waals surface area contributed by atoms with Gasteiger partial charge in [0.05, 0.1) is 13.5 Å². The van der Waals surface area contributed by atoms with E-state index in [0.717, 1.165) is 21.8 Å². The van der Waals surface area contributed by atoms with Gasteiger partial charge in [0.2, 0.25) is 5.91 Å². The number of urea groups is 1. The van der Waals surface area contributed by atoms with Crippen molar-refractivity contribution < 1.29 is 23.9 Å². The van der Waals surface area contributed by atoms with Crippen molar-refractivity contribution in [1.82, 2.24) is 15.2 Å². The van der Waals surface area contributed by atoms with E-state index in [1.54, 1.807) is 6.92 Å². The van der Waals surface area contributed by atoms with Gasteiger partial charge in [-0.1, -0.05) is 30.3 Å². The number of carbonyl (C=O) groups excluding carboxylic acids is 4. The molecule has 9 nitrogen and oxygen atoms in total. The second-order valence-electron chi connectivity index (χ2n) is 6.40. The Morgan fingerprint density at radius 2 is 2.00 bits per heavy atom. The zero-order valence-electron chi connectivity index (χ0n) is 15.9. The average molecular weight is 416 g/mol. The third-order valence-corrected chi connectivity index (χ3v) is 5.27. The van der Waals surface area contributed by atoms with Crippen LogP contribution in [0.1, 0.15) is 27.3 Å². The summed E-state index contributed by atoms with van der Waals surface area (Å²) in [6.45, 7) is 1.92. The lowest BCUT2D eigenvalue weighted by Gasteiger charge is -2.12. The SMILES string of the molecule is COC(=O)c1nc(NC(=O)C[C@H]2NC(=O)N(CCc3ccccc3)C2=O)sc1C. The van der Waals surface area contributed by atoms with E-state index in [2.05, 4.69) is 20.4 Å². The Morgan fingerprint density at radius 1 is 1.28 bits per heavy atom. The second-order valence-corrected chi connectivity index (χ2v) is 7.60. The molecular formula is C19H20N4O5S. The summed E-state index contributed by atoms with van der Waals surface area (Å²) < 4.78 is 4.63. The van der Waals surface area contributed by atoms with Crippen LogP contribution in [0.15, 0.2) is 30.3 Å². The van der Waals surface area contributed by atoms with E-state index in [-0.39, 0.29) is 23.8 Å². The van der Waals surface area contributed by atoms with E-state index >= 15 is 0 Å². The highest BCUT2D eigenvalue weighted by Gasteiger charge is 2.38. The van der Waals surface area contributed by atoms with Crippen molar-refractivity contribution in [3.05, 3.63) is 46.5 Å². The number of nitrogens with one attached hydrogen (secondary N) is 2. The van der Waals surface area contributed by atoms with Crippen LogP contribution in [0.5, 0.6) is 0 Å². The maximum absolute atomic E-state index is 12.5. The van der Waals surface area contributed by atoms with Crippen LogP contribution in [-0.2, 0) is 20.7 Å². The van der Waals surface area contributed by atoms with Gasteiger partial charge >= 0.3 is 12.0 Å². The maximum Gasteiger partial charge on any atom is 0.357 e. The van der Waals surface area contributed by atoms with E-state index in [1.807, 2.05) is 30.3 Å². The van der Waals surface area contributed by atoms with Gasteiger partial charge in [-0.15, -0.1) is 11.3 Å². The number of methoxy groups -OCH3 is 1. The van der Waals surface area contributed by atoms with Gasteiger partial charge < -0.3 is 15.4 Å². The third kappa shape index (κ3) is 4.77. The molecule has 0 saturated carbocycles. The van der Waals surface area contributed by atoms with Gasteiger partial charge in [-0.25, -0.2) is 14.6 Å². The molecule has 1 saturated heterocycles. The number of anilines is 1. The fourth-order valence-electron chi connectivity index (χ4n) is 2.90. The highest BCUT2D eigenvalue weighted by molar-refractivity contribution is 7.16. The molecule has 0 bridgehead atoms. The molecular weight excluding hydrogens is 396 g/mol. The summed E-state index contributed by atoms with van der Waals surface area (Å²) in [6, 6.07) is 8.07. The number of ether oxygens (including phenoxy) is 1. The largest absolute Gasteiger partial charge is 0.464 e. The molecule has 0 aliphatic carbocycles. The number of aromatic nitrogens is 1. The van der Waals surface area contributed by atoms with Crippen molar-refractivity contribution in [3.8, 4) is 0 Å². The molecule has 2 N–H and O–H groups in total. The fraction of sp³-hybridized carbons (Fsp3) is 0.316. The number of amides is 4. The number of carbonyl (C=O) groups is 4. The van der Waals surface area contributed by atoms with Crippen LogP contribution < -0.4 is 10.6 Å². The van der Waals surface area contributed by atoms with Crippen LogP contribution >= 0.6 is 11.3 Å². The van der Waals surface area contributed by atoms with E-state index in [4.69, 9.17) is 0 Å².